The number of likely N-dealkylation sites (tertiary alicyclic amines) is 4. The van der Waals surface area contributed by atoms with Gasteiger partial charge in [-0.25, -0.2) is 0 Å². The van der Waals surface area contributed by atoms with Crippen molar-refractivity contribution < 1.29 is 38.4 Å². The van der Waals surface area contributed by atoms with E-state index in [0.29, 0.717) is 14.7 Å². The molecule has 0 N–H and O–H groups in total. The van der Waals surface area contributed by atoms with Gasteiger partial charge < -0.3 is 0 Å². The molecule has 4 aliphatic heterocycles. The number of imide groups is 4. The molecule has 0 unspecified atom stereocenters. The van der Waals surface area contributed by atoms with Crippen molar-refractivity contribution in [3.63, 3.8) is 0 Å². The van der Waals surface area contributed by atoms with Gasteiger partial charge in [0.25, 0.3) is 58.1 Å². The Morgan fingerprint density at radius 3 is 1.18 bits per heavy atom. The molecule has 0 aromatic rings. The average molecular weight is 394 g/mol. The minimum atomic E-state index is -2.41. The first-order valence-electron chi connectivity index (χ1n) is 7.52. The van der Waals surface area contributed by atoms with Gasteiger partial charge in [-0.1, -0.05) is 14.9 Å². The van der Waals surface area contributed by atoms with Gasteiger partial charge in [-0.15, -0.1) is 0 Å². The van der Waals surface area contributed by atoms with Crippen molar-refractivity contribution in [3.8, 4) is 0 Å². The van der Waals surface area contributed by atoms with Crippen molar-refractivity contribution >= 4 is 47.3 Å². The van der Waals surface area contributed by atoms with E-state index in [4.69, 9.17) is 0 Å². The summed E-state index contributed by atoms with van der Waals surface area (Å²) in [4.78, 5) is 98.3. The number of amides is 8. The van der Waals surface area contributed by atoms with Crippen LogP contribution in [0.25, 0.3) is 0 Å². The number of nitrogens with zero attached hydrogens (tertiary/aromatic N) is 4. The lowest BCUT2D eigenvalue weighted by atomic mass is 9.68. The lowest BCUT2D eigenvalue weighted by Crippen LogP contribution is -2.87. The summed E-state index contributed by atoms with van der Waals surface area (Å²) in [5, 5.41) is 0. The minimum Gasteiger partial charge on any atom is -0.282 e. The van der Waals surface area contributed by atoms with Gasteiger partial charge in [0, 0.05) is 13.6 Å². The maximum atomic E-state index is 12.2. The summed E-state index contributed by atoms with van der Waals surface area (Å²) in [6.07, 6.45) is 0. The summed E-state index contributed by atoms with van der Waals surface area (Å²) in [6, 6.07) is 0. The highest BCUT2D eigenvalue weighted by molar-refractivity contribution is 6.54. The standard InChI is InChI=1S/C14H10N4O8.2CH4/c1-3-16-7(21)14(8(16)22)11(25)18(12(14)26)4-17-9(23)13(10(17)24)5(19)15(2)6(13)20;;/h3-4H2,1-2H3;2*1H4. The van der Waals surface area contributed by atoms with Gasteiger partial charge in [0.1, 0.15) is 6.67 Å². The van der Waals surface area contributed by atoms with Crippen LogP contribution in [0, 0.1) is 10.8 Å². The topological polar surface area (TPSA) is 150 Å². The van der Waals surface area contributed by atoms with Gasteiger partial charge in [0.2, 0.25) is 0 Å². The SMILES string of the molecule is C.C.CCN1C(=O)C2(C1=O)C(=O)N(CN1C(=O)C3(C(=O)N(C)C3=O)C1=O)C2=O. The predicted octanol–water partition coefficient (Wildman–Crippen LogP) is -2.69. The molecule has 0 saturated carbocycles. The molecule has 0 atom stereocenters. The van der Waals surface area contributed by atoms with Crippen LogP contribution >= 0.6 is 0 Å². The van der Waals surface area contributed by atoms with Crippen LogP contribution in [-0.2, 0) is 38.4 Å². The molecule has 0 radical (unpaired) electrons. The third kappa shape index (κ3) is 1.54. The van der Waals surface area contributed by atoms with Gasteiger partial charge in [0.15, 0.2) is 0 Å². The Labute approximate surface area is 159 Å². The van der Waals surface area contributed by atoms with E-state index in [9.17, 15) is 38.4 Å². The van der Waals surface area contributed by atoms with Crippen LogP contribution in [0.4, 0.5) is 0 Å². The van der Waals surface area contributed by atoms with Crippen molar-refractivity contribution in [2.24, 2.45) is 10.8 Å². The minimum absolute atomic E-state index is 0. The largest absolute Gasteiger partial charge is 0.285 e. The molecule has 28 heavy (non-hydrogen) atoms. The first kappa shape index (κ1) is 20.9. The monoisotopic (exact) mass is 394 g/mol. The summed E-state index contributed by atoms with van der Waals surface area (Å²) < 4.78 is 0. The second-order valence-electron chi connectivity index (χ2n) is 6.24. The summed E-state index contributed by atoms with van der Waals surface area (Å²) in [5.41, 5.74) is -4.82. The van der Waals surface area contributed by atoms with E-state index in [0.717, 1.165) is 11.9 Å². The molecule has 0 aliphatic carbocycles. The lowest BCUT2D eigenvalue weighted by molar-refractivity contribution is -0.205. The average Bonchev–Trinajstić information content (AvgIpc) is 2.62. The molecule has 0 aromatic carbocycles. The highest BCUT2D eigenvalue weighted by Gasteiger charge is 2.83. The Morgan fingerprint density at radius 2 is 0.857 bits per heavy atom. The molecule has 4 aliphatic rings. The Bertz CT molecular complexity index is 854. The molecule has 0 aromatic heterocycles. The van der Waals surface area contributed by atoms with E-state index in [2.05, 4.69) is 0 Å². The summed E-state index contributed by atoms with van der Waals surface area (Å²) in [6.45, 7) is 0.647. The maximum absolute atomic E-state index is 12.2. The van der Waals surface area contributed by atoms with E-state index in [1.54, 1.807) is 0 Å². The van der Waals surface area contributed by atoms with Crippen molar-refractivity contribution in [2.45, 2.75) is 21.8 Å². The molecule has 4 rings (SSSR count). The number of hydrogen-bond acceptors (Lipinski definition) is 8. The van der Waals surface area contributed by atoms with Crippen LogP contribution in [0.2, 0.25) is 0 Å². The van der Waals surface area contributed by atoms with E-state index >= 15 is 0 Å². The van der Waals surface area contributed by atoms with E-state index in [1.807, 2.05) is 0 Å². The lowest BCUT2D eigenvalue weighted by Gasteiger charge is -2.55. The molecular formula is C16H18N4O8. The fourth-order valence-electron chi connectivity index (χ4n) is 3.66. The molecular weight excluding hydrogens is 376 g/mol. The van der Waals surface area contributed by atoms with Gasteiger partial charge in [-0.2, -0.15) is 0 Å². The van der Waals surface area contributed by atoms with Crippen molar-refractivity contribution in [3.05, 3.63) is 0 Å². The fraction of sp³-hybridized carbons (Fsp3) is 0.500. The first-order valence-corrected chi connectivity index (χ1v) is 7.52. The number of carbonyl (C=O) groups excluding carboxylic acids is 8. The Balaban J connectivity index is 0.00000140. The van der Waals surface area contributed by atoms with Crippen molar-refractivity contribution in [1.82, 2.24) is 19.6 Å². The number of hydrogen-bond donors (Lipinski definition) is 0. The van der Waals surface area contributed by atoms with Crippen molar-refractivity contribution in [1.29, 1.82) is 0 Å². The molecule has 0 bridgehead atoms. The fourth-order valence-corrected chi connectivity index (χ4v) is 3.66. The smallest absolute Gasteiger partial charge is 0.282 e. The van der Waals surface area contributed by atoms with Gasteiger partial charge in [0.05, 0.1) is 0 Å². The van der Waals surface area contributed by atoms with E-state index < -0.39 is 64.8 Å². The highest BCUT2D eigenvalue weighted by Crippen LogP contribution is 2.47. The number of β-lactam (4-membered cyclic amide) rings is 8. The molecule has 12 nitrogen and oxygen atoms in total. The number of carbonyl (C=O) groups is 8. The second-order valence-corrected chi connectivity index (χ2v) is 6.24. The van der Waals surface area contributed by atoms with Crippen LogP contribution in [0.15, 0.2) is 0 Å². The van der Waals surface area contributed by atoms with Crippen LogP contribution < -0.4 is 0 Å². The molecule has 150 valence electrons. The molecule has 4 saturated heterocycles. The second kappa shape index (κ2) is 5.53. The Hall–Kier alpha value is -3.44. The molecule has 4 fully saturated rings. The molecule has 8 amide bonds. The van der Waals surface area contributed by atoms with Crippen LogP contribution in [0.5, 0.6) is 0 Å². The van der Waals surface area contributed by atoms with E-state index in [1.165, 1.54) is 6.92 Å². The highest BCUT2D eigenvalue weighted by atomic mass is 16.2. The van der Waals surface area contributed by atoms with Crippen LogP contribution in [0.1, 0.15) is 21.8 Å². The van der Waals surface area contributed by atoms with Gasteiger partial charge in [-0.05, 0) is 6.92 Å². The van der Waals surface area contributed by atoms with Gasteiger partial charge in [-0.3, -0.25) is 58.0 Å². The molecule has 4 heterocycles. The first-order chi connectivity index (χ1) is 12.1. The van der Waals surface area contributed by atoms with Crippen molar-refractivity contribution in [2.75, 3.05) is 20.3 Å². The Morgan fingerprint density at radius 1 is 0.571 bits per heavy atom. The third-order valence-corrected chi connectivity index (χ3v) is 5.25. The van der Waals surface area contributed by atoms with Gasteiger partial charge >= 0.3 is 0 Å². The quantitative estimate of drug-likeness (QED) is 0.371. The summed E-state index contributed by atoms with van der Waals surface area (Å²) in [5.74, 6) is -8.39. The van der Waals surface area contributed by atoms with Crippen LogP contribution in [-0.4, -0.2) is 87.1 Å². The third-order valence-electron chi connectivity index (χ3n) is 5.25. The zero-order valence-electron chi connectivity index (χ0n) is 13.5. The summed E-state index contributed by atoms with van der Waals surface area (Å²) >= 11 is 0. The Kier molecular flexibility index (Phi) is 4.12. The van der Waals surface area contributed by atoms with E-state index in [-0.39, 0.29) is 21.4 Å². The zero-order valence-corrected chi connectivity index (χ0v) is 13.5. The molecule has 12 heteroatoms. The summed E-state index contributed by atoms with van der Waals surface area (Å²) in [7, 11) is 1.11. The zero-order chi connectivity index (χ0) is 19.3. The normalized spacial score (nSPS) is 23.9. The molecule has 2 spiro atoms. The van der Waals surface area contributed by atoms with Crippen LogP contribution in [0.3, 0.4) is 0 Å². The number of rotatable bonds is 3. The maximum Gasteiger partial charge on any atom is 0.285 e. The predicted molar refractivity (Wildman–Crippen MR) is 87.1 cm³/mol.